The Morgan fingerprint density at radius 3 is 1.47 bits per heavy atom. The van der Waals surface area contributed by atoms with E-state index in [1.54, 1.807) is 109 Å². The number of methoxy groups -OCH3 is 2. The van der Waals surface area contributed by atoms with Gasteiger partial charge in [0.25, 0.3) is 0 Å². The molecule has 4 amide bonds. The molecular weight excluding hydrogens is 749 g/mol. The average molecular weight is 787 g/mol. The number of nitrogens with zero attached hydrogens (tertiary/aromatic N) is 2. The summed E-state index contributed by atoms with van der Waals surface area (Å²) in [7, 11) is 2.80. The molecule has 6 unspecified atom stereocenters. The van der Waals surface area contributed by atoms with E-state index < -0.39 is 53.2 Å². The van der Waals surface area contributed by atoms with Gasteiger partial charge in [-0.1, -0.05) is 72.3 Å². The van der Waals surface area contributed by atoms with Crippen LogP contribution in [0.2, 0.25) is 0 Å². The van der Waals surface area contributed by atoms with Gasteiger partial charge < -0.3 is 14.6 Å². The average Bonchev–Trinajstić information content (AvgIpc) is 3.69. The molecule has 2 heterocycles. The molecule has 294 valence electrons. The van der Waals surface area contributed by atoms with Crippen molar-refractivity contribution >= 4 is 46.6 Å². The van der Waals surface area contributed by atoms with Crippen molar-refractivity contribution in [1.29, 1.82) is 0 Å². The largest absolute Gasteiger partial charge is 0.502 e. The van der Waals surface area contributed by atoms with E-state index in [1.165, 1.54) is 19.1 Å². The Kier molecular flexibility index (Phi) is 9.30. The highest BCUT2D eigenvalue weighted by Crippen LogP contribution is 2.59. The number of anilines is 2. The summed E-state index contributed by atoms with van der Waals surface area (Å²) in [4.78, 5) is 86.7. The third-order valence-electron chi connectivity index (χ3n) is 12.4. The maximum absolute atomic E-state index is 14.7. The summed E-state index contributed by atoms with van der Waals surface area (Å²) in [6.45, 7) is 0. The van der Waals surface area contributed by atoms with Crippen LogP contribution in [0.5, 0.6) is 17.2 Å². The van der Waals surface area contributed by atoms with Crippen LogP contribution >= 0.6 is 0 Å². The highest BCUT2D eigenvalue weighted by molar-refractivity contribution is 6.24. The molecule has 5 aromatic carbocycles. The van der Waals surface area contributed by atoms with Crippen LogP contribution in [0.4, 0.5) is 11.4 Å². The van der Waals surface area contributed by atoms with Crippen LogP contribution in [-0.2, 0) is 19.2 Å². The van der Waals surface area contributed by atoms with Crippen molar-refractivity contribution < 1.29 is 43.3 Å². The second-order valence-electron chi connectivity index (χ2n) is 15.3. The number of allylic oxidation sites excluding steroid dienone is 2. The maximum atomic E-state index is 14.7. The number of rotatable bonds is 9. The number of carbonyl (C=O) groups excluding carboxylic acids is 6. The molecule has 11 nitrogen and oxygen atoms in total. The summed E-state index contributed by atoms with van der Waals surface area (Å²) in [5, 5.41) is 10.9. The lowest BCUT2D eigenvalue weighted by atomic mass is 9.57. The predicted octanol–water partition coefficient (Wildman–Crippen LogP) is 6.92. The van der Waals surface area contributed by atoms with Gasteiger partial charge >= 0.3 is 0 Å². The Bertz CT molecular complexity index is 2560. The molecule has 3 fully saturated rings. The quantitative estimate of drug-likeness (QED) is 0.0956. The first kappa shape index (κ1) is 37.4. The summed E-state index contributed by atoms with van der Waals surface area (Å²) < 4.78 is 11.0. The van der Waals surface area contributed by atoms with Crippen LogP contribution in [0.15, 0.2) is 133 Å². The highest BCUT2D eigenvalue weighted by Gasteiger charge is 2.62. The number of fused-ring (bicyclic) bond motifs is 4. The minimum absolute atomic E-state index is 0.104. The molecule has 0 radical (unpaired) electrons. The van der Waals surface area contributed by atoms with Gasteiger partial charge in [0.1, 0.15) is 0 Å². The SMILES string of the molecule is COc1cc(C2C3=CCC4C(=O)N(c5ccc(C(=O)c6ccccc6)cc5)C(=O)C4C3CC3C(=O)N(c4ccc(C(=O)c5ccccc5)cc4)C(=O)C32)cc(OC)c1O. The van der Waals surface area contributed by atoms with Crippen LogP contribution in [0.1, 0.15) is 56.2 Å². The minimum Gasteiger partial charge on any atom is -0.502 e. The van der Waals surface area contributed by atoms with E-state index in [0.29, 0.717) is 39.2 Å². The van der Waals surface area contributed by atoms with E-state index in [2.05, 4.69) is 0 Å². The van der Waals surface area contributed by atoms with Crippen molar-refractivity contribution in [3.8, 4) is 17.2 Å². The molecule has 0 bridgehead atoms. The van der Waals surface area contributed by atoms with Gasteiger partial charge in [-0.15, -0.1) is 0 Å². The van der Waals surface area contributed by atoms with Gasteiger partial charge in [0.2, 0.25) is 29.4 Å². The van der Waals surface area contributed by atoms with Crippen molar-refractivity contribution in [2.45, 2.75) is 18.8 Å². The predicted molar refractivity (Wildman–Crippen MR) is 216 cm³/mol. The van der Waals surface area contributed by atoms with Gasteiger partial charge in [0, 0.05) is 28.2 Å². The number of imide groups is 2. The summed E-state index contributed by atoms with van der Waals surface area (Å²) in [5.41, 5.74) is 3.76. The molecular formula is C48H38N2O9. The van der Waals surface area contributed by atoms with E-state index in [1.807, 2.05) is 18.2 Å². The molecule has 2 saturated heterocycles. The van der Waals surface area contributed by atoms with E-state index in [-0.39, 0.29) is 47.6 Å². The van der Waals surface area contributed by atoms with E-state index in [0.717, 1.165) is 10.5 Å². The summed E-state index contributed by atoms with van der Waals surface area (Å²) in [5.74, 6) is -6.72. The number of phenolic OH excluding ortho intramolecular Hbond substituents is 1. The molecule has 6 atom stereocenters. The third kappa shape index (κ3) is 6.03. The number of ketones is 2. The Morgan fingerprint density at radius 2 is 1.00 bits per heavy atom. The molecule has 0 spiro atoms. The zero-order valence-corrected chi connectivity index (χ0v) is 32.1. The van der Waals surface area contributed by atoms with Crippen LogP contribution in [0.3, 0.4) is 0 Å². The lowest BCUT2D eigenvalue weighted by Gasteiger charge is -2.44. The highest BCUT2D eigenvalue weighted by atomic mass is 16.5. The lowest BCUT2D eigenvalue weighted by molar-refractivity contribution is -0.126. The monoisotopic (exact) mass is 786 g/mol. The Labute approximate surface area is 339 Å². The topological polar surface area (TPSA) is 148 Å². The second-order valence-corrected chi connectivity index (χ2v) is 15.3. The number of phenols is 1. The number of carbonyl (C=O) groups is 6. The van der Waals surface area contributed by atoms with Crippen molar-refractivity contribution in [2.24, 2.45) is 29.6 Å². The molecule has 59 heavy (non-hydrogen) atoms. The fraction of sp³-hybridized carbons (Fsp3) is 0.208. The third-order valence-corrected chi connectivity index (χ3v) is 12.4. The van der Waals surface area contributed by atoms with Crippen LogP contribution in [0, 0.1) is 29.6 Å². The van der Waals surface area contributed by atoms with Gasteiger partial charge in [-0.2, -0.15) is 0 Å². The fourth-order valence-electron chi connectivity index (χ4n) is 9.60. The Hall–Kier alpha value is -7.14. The summed E-state index contributed by atoms with van der Waals surface area (Å²) in [6.07, 6.45) is 2.30. The fourth-order valence-corrected chi connectivity index (χ4v) is 9.60. The van der Waals surface area contributed by atoms with Crippen LogP contribution in [0.25, 0.3) is 0 Å². The van der Waals surface area contributed by atoms with Crippen molar-refractivity contribution in [3.63, 3.8) is 0 Å². The molecule has 4 aliphatic rings. The van der Waals surface area contributed by atoms with Gasteiger partial charge in [-0.3, -0.25) is 38.6 Å². The van der Waals surface area contributed by atoms with Crippen LogP contribution < -0.4 is 19.3 Å². The first-order valence-electron chi connectivity index (χ1n) is 19.4. The van der Waals surface area contributed by atoms with Crippen molar-refractivity contribution in [1.82, 2.24) is 0 Å². The number of amides is 4. The maximum Gasteiger partial charge on any atom is 0.238 e. The molecule has 2 aliphatic carbocycles. The van der Waals surface area contributed by atoms with E-state index in [4.69, 9.17) is 9.47 Å². The van der Waals surface area contributed by atoms with Crippen LogP contribution in [-0.4, -0.2) is 54.5 Å². The standard InChI is InChI=1S/C48H38N2O9/c1-58-37-23-30(24-38(59-2)44(37)53)39-33-21-22-34-40(47(56)49(45(34)54)31-17-13-28(14-18-31)42(51)26-9-5-3-6-10-26)35(33)25-36-41(39)48(57)50(46(36)55)32-19-15-29(16-20-32)43(52)27-11-7-4-8-12-27/h3-21,23-24,34-36,39-41,53H,22,25H2,1-2H3. The van der Waals surface area contributed by atoms with Gasteiger partial charge in [0.15, 0.2) is 23.1 Å². The molecule has 9 rings (SSSR count). The van der Waals surface area contributed by atoms with Gasteiger partial charge in [0.05, 0.1) is 49.3 Å². The smallest absolute Gasteiger partial charge is 0.238 e. The number of benzene rings is 5. The Balaban J connectivity index is 1.08. The molecule has 2 aliphatic heterocycles. The van der Waals surface area contributed by atoms with Crippen molar-refractivity contribution in [3.05, 3.63) is 161 Å². The number of ether oxygens (including phenoxy) is 2. The second kappa shape index (κ2) is 14.7. The van der Waals surface area contributed by atoms with Gasteiger partial charge in [-0.05, 0) is 85.0 Å². The summed E-state index contributed by atoms with van der Waals surface area (Å²) >= 11 is 0. The molecule has 1 N–H and O–H groups in total. The first-order chi connectivity index (χ1) is 28.6. The molecule has 0 aromatic heterocycles. The number of aromatic hydroxyl groups is 1. The molecule has 11 heteroatoms. The minimum atomic E-state index is -0.899. The number of hydrogen-bond acceptors (Lipinski definition) is 9. The zero-order chi connectivity index (χ0) is 41.1. The van der Waals surface area contributed by atoms with E-state index in [9.17, 15) is 33.9 Å². The first-order valence-corrected chi connectivity index (χ1v) is 19.4. The Morgan fingerprint density at radius 1 is 0.559 bits per heavy atom. The van der Waals surface area contributed by atoms with E-state index >= 15 is 0 Å². The number of hydrogen-bond donors (Lipinski definition) is 1. The lowest BCUT2D eigenvalue weighted by Crippen LogP contribution is -2.43. The normalized spacial score (nSPS) is 23.3. The summed E-state index contributed by atoms with van der Waals surface area (Å²) in [6, 6.07) is 33.6. The van der Waals surface area contributed by atoms with Gasteiger partial charge in [-0.25, -0.2) is 0 Å². The zero-order valence-electron chi connectivity index (χ0n) is 32.1. The van der Waals surface area contributed by atoms with Crippen molar-refractivity contribution in [2.75, 3.05) is 24.0 Å². The molecule has 1 saturated carbocycles. The molecule has 5 aromatic rings.